The molecule has 5 nitrogen and oxygen atoms in total. The van der Waals surface area contributed by atoms with E-state index in [9.17, 15) is 4.79 Å². The van der Waals surface area contributed by atoms with E-state index in [1.165, 1.54) is 0 Å². The number of nitrogens with two attached hydrogens (primary N) is 1. The molecule has 3 N–H and O–H groups in total. The summed E-state index contributed by atoms with van der Waals surface area (Å²) in [7, 11) is 0. The van der Waals surface area contributed by atoms with Gasteiger partial charge in [-0.15, -0.1) is 0 Å². The van der Waals surface area contributed by atoms with Crippen molar-refractivity contribution in [3.05, 3.63) is 53.4 Å². The summed E-state index contributed by atoms with van der Waals surface area (Å²) in [6.07, 6.45) is 2.30. The molecule has 0 saturated carbocycles. The lowest BCUT2D eigenvalue weighted by atomic mass is 9.99. The second kappa shape index (κ2) is 8.48. The molecule has 0 fully saturated rings. The number of aromatic nitrogens is 1. The van der Waals surface area contributed by atoms with Crippen LogP contribution in [0.15, 0.2) is 40.9 Å². The van der Waals surface area contributed by atoms with Crippen LogP contribution in [0.5, 0.6) is 0 Å². The molecule has 2 rings (SSSR count). The molecule has 0 aliphatic carbocycles. The maximum absolute atomic E-state index is 12.0. The maximum atomic E-state index is 12.0. The molecule has 1 heterocycles. The Morgan fingerprint density at radius 1 is 1.26 bits per heavy atom. The van der Waals surface area contributed by atoms with E-state index in [-0.39, 0.29) is 18.4 Å². The maximum Gasteiger partial charge on any atom is 0.222 e. The lowest BCUT2D eigenvalue weighted by Gasteiger charge is -2.11. The molecule has 0 saturated heterocycles. The van der Waals surface area contributed by atoms with Gasteiger partial charge in [0.1, 0.15) is 0 Å². The molecule has 2 aromatic rings. The Hall–Kier alpha value is -2.14. The van der Waals surface area contributed by atoms with Gasteiger partial charge in [-0.2, -0.15) is 0 Å². The van der Waals surface area contributed by atoms with Crippen molar-refractivity contribution in [2.75, 3.05) is 0 Å². The Labute approximate surface area is 137 Å². The fraction of sp³-hybridized carbons (Fsp3) is 0.444. The lowest BCUT2D eigenvalue weighted by Crippen LogP contribution is -2.27. The Morgan fingerprint density at radius 2 is 1.96 bits per heavy atom. The van der Waals surface area contributed by atoms with Crippen molar-refractivity contribution >= 4 is 5.91 Å². The van der Waals surface area contributed by atoms with Crippen molar-refractivity contribution in [3.63, 3.8) is 0 Å². The summed E-state index contributed by atoms with van der Waals surface area (Å²) in [4.78, 5) is 12.0. The van der Waals surface area contributed by atoms with Crippen LogP contribution in [0.2, 0.25) is 0 Å². The Bertz CT molecular complexity index is 606. The third-order valence-electron chi connectivity index (χ3n) is 4.07. The van der Waals surface area contributed by atoms with Crippen molar-refractivity contribution in [1.29, 1.82) is 0 Å². The van der Waals surface area contributed by atoms with Crippen molar-refractivity contribution < 1.29 is 9.32 Å². The number of nitrogens with one attached hydrogen (secondary N) is 1. The van der Waals surface area contributed by atoms with E-state index in [1.54, 1.807) is 0 Å². The SMILES string of the molecule is CCC(CC)c1cc(CNC(=O)CC(N)c2ccccc2)on1. The molecule has 1 atom stereocenters. The fourth-order valence-electron chi connectivity index (χ4n) is 2.59. The van der Waals surface area contributed by atoms with Crippen LogP contribution in [-0.2, 0) is 11.3 Å². The highest BCUT2D eigenvalue weighted by molar-refractivity contribution is 5.76. The highest BCUT2D eigenvalue weighted by Gasteiger charge is 2.15. The molecule has 1 unspecified atom stereocenters. The molecule has 1 amide bonds. The summed E-state index contributed by atoms with van der Waals surface area (Å²) in [5.74, 6) is 0.991. The number of carbonyl (C=O) groups excluding carboxylic acids is 1. The van der Waals surface area contributed by atoms with Crippen LogP contribution in [0.3, 0.4) is 0 Å². The molecule has 124 valence electrons. The van der Waals surface area contributed by atoms with E-state index in [1.807, 2.05) is 36.4 Å². The van der Waals surface area contributed by atoms with E-state index < -0.39 is 0 Å². The summed E-state index contributed by atoms with van der Waals surface area (Å²) in [5, 5.41) is 6.93. The molecule has 0 radical (unpaired) electrons. The largest absolute Gasteiger partial charge is 0.359 e. The number of carbonyl (C=O) groups is 1. The number of hydrogen-bond donors (Lipinski definition) is 2. The fourth-order valence-corrected chi connectivity index (χ4v) is 2.59. The summed E-state index contributed by atoms with van der Waals surface area (Å²) in [5.41, 5.74) is 7.96. The van der Waals surface area contributed by atoms with Crippen molar-refractivity contribution in [3.8, 4) is 0 Å². The third-order valence-corrected chi connectivity index (χ3v) is 4.07. The van der Waals surface area contributed by atoms with E-state index >= 15 is 0 Å². The first kappa shape index (κ1) is 17.2. The zero-order valence-electron chi connectivity index (χ0n) is 13.8. The van der Waals surface area contributed by atoms with Gasteiger partial charge in [-0.05, 0) is 18.4 Å². The second-order valence-electron chi connectivity index (χ2n) is 5.73. The molecule has 1 aromatic carbocycles. The third kappa shape index (κ3) is 4.93. The van der Waals surface area contributed by atoms with E-state index in [4.69, 9.17) is 10.3 Å². The number of rotatable bonds is 8. The summed E-state index contributed by atoms with van der Waals surface area (Å²) >= 11 is 0. The molecule has 0 aliphatic heterocycles. The predicted octanol–water partition coefficient (Wildman–Crippen LogP) is 3.28. The molecular formula is C18H25N3O2. The first-order valence-corrected chi connectivity index (χ1v) is 8.16. The average Bonchev–Trinajstić information content (AvgIpc) is 3.04. The van der Waals surface area contributed by atoms with Crippen LogP contribution in [-0.4, -0.2) is 11.1 Å². The predicted molar refractivity (Wildman–Crippen MR) is 89.7 cm³/mol. The van der Waals surface area contributed by atoms with E-state index in [2.05, 4.69) is 24.3 Å². The Kier molecular flexibility index (Phi) is 6.35. The molecule has 5 heteroatoms. The molecule has 23 heavy (non-hydrogen) atoms. The molecule has 1 aromatic heterocycles. The van der Waals surface area contributed by atoms with Crippen molar-refractivity contribution in [1.82, 2.24) is 10.5 Å². The van der Waals surface area contributed by atoms with Gasteiger partial charge in [0.25, 0.3) is 0 Å². The van der Waals surface area contributed by atoms with Gasteiger partial charge in [-0.1, -0.05) is 49.3 Å². The molecule has 0 spiro atoms. The normalized spacial score (nSPS) is 12.3. The second-order valence-corrected chi connectivity index (χ2v) is 5.73. The zero-order valence-corrected chi connectivity index (χ0v) is 13.8. The quantitative estimate of drug-likeness (QED) is 0.783. The summed E-state index contributed by atoms with van der Waals surface area (Å²) < 4.78 is 5.29. The van der Waals surface area contributed by atoms with Gasteiger partial charge >= 0.3 is 0 Å². The average molecular weight is 315 g/mol. The van der Waals surface area contributed by atoms with Gasteiger partial charge in [-0.3, -0.25) is 4.79 Å². The van der Waals surface area contributed by atoms with Crippen LogP contribution >= 0.6 is 0 Å². The van der Waals surface area contributed by atoms with Crippen LogP contribution in [0.4, 0.5) is 0 Å². The highest BCUT2D eigenvalue weighted by Crippen LogP contribution is 2.22. The van der Waals surface area contributed by atoms with Gasteiger partial charge in [0, 0.05) is 24.4 Å². The molecular weight excluding hydrogens is 290 g/mol. The van der Waals surface area contributed by atoms with E-state index in [0.717, 1.165) is 24.1 Å². The molecule has 0 bridgehead atoms. The summed E-state index contributed by atoms with van der Waals surface area (Å²) in [6.45, 7) is 4.61. The number of nitrogens with zero attached hydrogens (tertiary/aromatic N) is 1. The number of benzene rings is 1. The van der Waals surface area contributed by atoms with Gasteiger partial charge in [0.05, 0.1) is 12.2 Å². The Morgan fingerprint density at radius 3 is 2.61 bits per heavy atom. The smallest absolute Gasteiger partial charge is 0.222 e. The first-order chi connectivity index (χ1) is 11.1. The molecule has 0 aliphatic rings. The first-order valence-electron chi connectivity index (χ1n) is 8.16. The Balaban J connectivity index is 1.83. The van der Waals surface area contributed by atoms with Gasteiger partial charge in [-0.25, -0.2) is 0 Å². The zero-order chi connectivity index (χ0) is 16.7. The lowest BCUT2D eigenvalue weighted by molar-refractivity contribution is -0.121. The minimum atomic E-state index is -0.300. The standard InChI is InChI=1S/C18H25N3O2/c1-3-13(4-2)17-10-15(23-21-17)12-20-18(22)11-16(19)14-8-6-5-7-9-14/h5-10,13,16H,3-4,11-12,19H2,1-2H3,(H,20,22). The van der Waals surface area contributed by atoms with Crippen LogP contribution in [0.25, 0.3) is 0 Å². The van der Waals surface area contributed by atoms with E-state index in [0.29, 0.717) is 18.2 Å². The minimum absolute atomic E-state index is 0.0955. The van der Waals surface area contributed by atoms with Crippen LogP contribution in [0.1, 0.15) is 62.1 Å². The van der Waals surface area contributed by atoms with Gasteiger partial charge < -0.3 is 15.6 Å². The summed E-state index contributed by atoms with van der Waals surface area (Å²) in [6, 6.07) is 11.2. The minimum Gasteiger partial charge on any atom is -0.359 e. The van der Waals surface area contributed by atoms with Crippen LogP contribution in [0, 0.1) is 0 Å². The van der Waals surface area contributed by atoms with Gasteiger partial charge in [0.2, 0.25) is 5.91 Å². The van der Waals surface area contributed by atoms with Crippen LogP contribution < -0.4 is 11.1 Å². The topological polar surface area (TPSA) is 81.2 Å². The number of hydrogen-bond acceptors (Lipinski definition) is 4. The van der Waals surface area contributed by atoms with Crippen molar-refractivity contribution in [2.24, 2.45) is 5.73 Å². The highest BCUT2D eigenvalue weighted by atomic mass is 16.5. The number of amides is 1. The van der Waals surface area contributed by atoms with Gasteiger partial charge in [0.15, 0.2) is 5.76 Å². The van der Waals surface area contributed by atoms with Crippen molar-refractivity contribution in [2.45, 2.75) is 51.6 Å². The monoisotopic (exact) mass is 315 g/mol.